The van der Waals surface area contributed by atoms with Crippen LogP contribution in [-0.2, 0) is 6.54 Å². The minimum Gasteiger partial charge on any atom is -0.276 e. The third-order valence-corrected chi connectivity index (χ3v) is 1.90. The lowest BCUT2D eigenvalue weighted by atomic mass is 10.6. The highest BCUT2D eigenvalue weighted by Crippen LogP contribution is 2.12. The van der Waals surface area contributed by atoms with E-state index in [4.69, 9.17) is 5.26 Å². The first-order valence-electron chi connectivity index (χ1n) is 4.30. The molecule has 16 heavy (non-hydrogen) atoms. The summed E-state index contributed by atoms with van der Waals surface area (Å²) in [5.41, 5.74) is 0. The molecule has 0 spiro atoms. The molecule has 0 saturated heterocycles. The molecule has 8 heteroatoms. The van der Waals surface area contributed by atoms with Gasteiger partial charge in [-0.2, -0.15) is 14.0 Å². The smallest absolute Gasteiger partial charge is 0.276 e. The van der Waals surface area contributed by atoms with Crippen molar-refractivity contribution >= 4 is 0 Å². The molecular formula is C8H6F2N6. The van der Waals surface area contributed by atoms with Crippen LogP contribution in [0.2, 0.25) is 0 Å². The van der Waals surface area contributed by atoms with Crippen LogP contribution in [0.5, 0.6) is 0 Å². The van der Waals surface area contributed by atoms with Crippen LogP contribution in [-0.4, -0.2) is 24.3 Å². The summed E-state index contributed by atoms with van der Waals surface area (Å²) in [4.78, 5) is 7.44. The van der Waals surface area contributed by atoms with Gasteiger partial charge in [-0.3, -0.25) is 4.57 Å². The summed E-state index contributed by atoms with van der Waals surface area (Å²) < 4.78 is 26.9. The van der Waals surface area contributed by atoms with Crippen molar-refractivity contribution in [2.24, 2.45) is 0 Å². The Morgan fingerprint density at radius 1 is 1.44 bits per heavy atom. The van der Waals surface area contributed by atoms with E-state index in [1.165, 1.54) is 23.4 Å². The highest BCUT2D eigenvalue weighted by molar-refractivity contribution is 5.06. The number of hydrogen-bond donors (Lipinski definition) is 0. The third-order valence-electron chi connectivity index (χ3n) is 1.90. The van der Waals surface area contributed by atoms with Gasteiger partial charge in [0, 0.05) is 12.4 Å². The monoisotopic (exact) mass is 224 g/mol. The number of hydrogen-bond acceptors (Lipinski definition) is 4. The van der Waals surface area contributed by atoms with Crippen molar-refractivity contribution in [1.29, 1.82) is 5.26 Å². The van der Waals surface area contributed by atoms with Gasteiger partial charge in [0.2, 0.25) is 0 Å². The first kappa shape index (κ1) is 10.2. The summed E-state index contributed by atoms with van der Waals surface area (Å²) >= 11 is 0. The number of alkyl halides is 2. The van der Waals surface area contributed by atoms with Crippen LogP contribution < -0.4 is 0 Å². The molecule has 0 atom stereocenters. The summed E-state index contributed by atoms with van der Waals surface area (Å²) in [6.07, 6.45) is 3.76. The number of rotatable bonds is 3. The number of imidazole rings is 1. The molecule has 0 aromatic carbocycles. The largest absolute Gasteiger partial charge is 0.319 e. The Morgan fingerprint density at radius 2 is 2.25 bits per heavy atom. The average molecular weight is 224 g/mol. The first-order valence-corrected chi connectivity index (χ1v) is 4.30. The normalized spacial score (nSPS) is 10.6. The van der Waals surface area contributed by atoms with Crippen molar-refractivity contribution in [2.75, 3.05) is 0 Å². The molecule has 0 bridgehead atoms. The number of nitriles is 1. The summed E-state index contributed by atoms with van der Waals surface area (Å²) in [5.74, 6) is 0.152. The van der Waals surface area contributed by atoms with Crippen molar-refractivity contribution < 1.29 is 8.78 Å². The minimum atomic E-state index is -2.64. The molecule has 0 aliphatic rings. The number of aromatic nitrogens is 5. The fraction of sp³-hybridized carbons (Fsp3) is 0.250. The van der Waals surface area contributed by atoms with Crippen LogP contribution in [0.25, 0.3) is 0 Å². The molecular weight excluding hydrogens is 218 g/mol. The molecule has 0 fully saturated rings. The Labute approximate surface area is 88.8 Å². The van der Waals surface area contributed by atoms with Crippen molar-refractivity contribution in [3.63, 3.8) is 0 Å². The van der Waals surface area contributed by atoms with Gasteiger partial charge in [0.1, 0.15) is 24.8 Å². The zero-order valence-electron chi connectivity index (χ0n) is 7.96. The zero-order valence-corrected chi connectivity index (χ0v) is 7.96. The SMILES string of the molecule is N#Cc1ncn(Cc2nccn2C(F)F)n1. The Hall–Kier alpha value is -2.30. The van der Waals surface area contributed by atoms with Gasteiger partial charge in [-0.15, -0.1) is 5.10 Å². The van der Waals surface area contributed by atoms with E-state index >= 15 is 0 Å². The van der Waals surface area contributed by atoms with Gasteiger partial charge in [-0.25, -0.2) is 14.6 Å². The van der Waals surface area contributed by atoms with E-state index in [0.717, 1.165) is 4.57 Å². The molecule has 0 radical (unpaired) electrons. The maximum atomic E-state index is 12.5. The summed E-state index contributed by atoms with van der Waals surface area (Å²) in [7, 11) is 0. The predicted octanol–water partition coefficient (Wildman–Crippen LogP) is 0.790. The molecule has 2 aromatic heterocycles. The molecule has 0 aliphatic heterocycles. The second-order valence-corrected chi connectivity index (χ2v) is 2.91. The van der Waals surface area contributed by atoms with Gasteiger partial charge in [-0.1, -0.05) is 0 Å². The Bertz CT molecular complexity index is 523. The van der Waals surface area contributed by atoms with E-state index in [-0.39, 0.29) is 18.2 Å². The molecule has 2 heterocycles. The van der Waals surface area contributed by atoms with Gasteiger partial charge >= 0.3 is 6.55 Å². The molecule has 0 unspecified atom stereocenters. The van der Waals surface area contributed by atoms with Crippen LogP contribution in [0.1, 0.15) is 18.2 Å². The average Bonchev–Trinajstić information content (AvgIpc) is 2.87. The molecule has 0 N–H and O–H groups in total. The lowest BCUT2D eigenvalue weighted by Crippen LogP contribution is -2.09. The molecule has 0 saturated carbocycles. The van der Waals surface area contributed by atoms with Gasteiger partial charge in [0.05, 0.1) is 0 Å². The lowest BCUT2D eigenvalue weighted by molar-refractivity contribution is 0.0665. The van der Waals surface area contributed by atoms with E-state index in [2.05, 4.69) is 15.1 Å². The van der Waals surface area contributed by atoms with E-state index in [1.807, 2.05) is 0 Å². The second-order valence-electron chi connectivity index (χ2n) is 2.91. The summed E-state index contributed by atoms with van der Waals surface area (Å²) in [6.45, 7) is -2.59. The maximum absolute atomic E-state index is 12.5. The number of halogens is 2. The van der Waals surface area contributed by atoms with Gasteiger partial charge in [0.15, 0.2) is 0 Å². The predicted molar refractivity (Wildman–Crippen MR) is 47.3 cm³/mol. The fourth-order valence-corrected chi connectivity index (χ4v) is 1.21. The van der Waals surface area contributed by atoms with Crippen LogP contribution in [0, 0.1) is 11.3 Å². The highest BCUT2D eigenvalue weighted by atomic mass is 19.3. The molecule has 82 valence electrons. The third kappa shape index (κ3) is 1.88. The van der Waals surface area contributed by atoms with Crippen LogP contribution >= 0.6 is 0 Å². The van der Waals surface area contributed by atoms with Crippen molar-refractivity contribution in [3.05, 3.63) is 30.4 Å². The van der Waals surface area contributed by atoms with Gasteiger partial charge in [0.25, 0.3) is 5.82 Å². The Morgan fingerprint density at radius 3 is 2.88 bits per heavy atom. The second kappa shape index (κ2) is 4.06. The highest BCUT2D eigenvalue weighted by Gasteiger charge is 2.12. The molecule has 2 rings (SSSR count). The van der Waals surface area contributed by atoms with Gasteiger partial charge < -0.3 is 0 Å². The maximum Gasteiger partial charge on any atom is 0.319 e. The molecule has 0 amide bonds. The van der Waals surface area contributed by atoms with E-state index in [1.54, 1.807) is 6.07 Å². The van der Waals surface area contributed by atoms with Crippen LogP contribution in [0.4, 0.5) is 8.78 Å². The van der Waals surface area contributed by atoms with E-state index in [9.17, 15) is 8.78 Å². The van der Waals surface area contributed by atoms with Crippen molar-refractivity contribution in [1.82, 2.24) is 24.3 Å². The van der Waals surface area contributed by atoms with E-state index < -0.39 is 6.55 Å². The van der Waals surface area contributed by atoms with E-state index in [0.29, 0.717) is 0 Å². The minimum absolute atomic E-state index is 0.00449. The van der Waals surface area contributed by atoms with Crippen LogP contribution in [0.15, 0.2) is 18.7 Å². The molecule has 2 aromatic rings. The molecule has 0 aliphatic carbocycles. The Balaban J connectivity index is 2.21. The first-order chi connectivity index (χ1) is 7.70. The van der Waals surface area contributed by atoms with Gasteiger partial charge in [-0.05, 0) is 0 Å². The summed E-state index contributed by atoms with van der Waals surface area (Å²) in [5, 5.41) is 12.2. The molecule has 6 nitrogen and oxygen atoms in total. The topological polar surface area (TPSA) is 72.3 Å². The van der Waals surface area contributed by atoms with Crippen molar-refractivity contribution in [2.45, 2.75) is 13.1 Å². The number of nitrogens with zero attached hydrogens (tertiary/aromatic N) is 6. The fourth-order valence-electron chi connectivity index (χ4n) is 1.21. The lowest BCUT2D eigenvalue weighted by Gasteiger charge is -2.05. The zero-order chi connectivity index (χ0) is 11.5. The Kier molecular flexibility index (Phi) is 2.59. The quantitative estimate of drug-likeness (QED) is 0.772. The van der Waals surface area contributed by atoms with Crippen LogP contribution in [0.3, 0.4) is 0 Å². The summed E-state index contributed by atoms with van der Waals surface area (Å²) in [6, 6.07) is 1.75. The standard InChI is InChI=1S/C8H6F2N6/c9-8(10)16-2-1-12-7(16)4-15-5-13-6(3-11)14-15/h1-2,5,8H,4H2. The van der Waals surface area contributed by atoms with Crippen molar-refractivity contribution in [3.8, 4) is 6.07 Å².